The van der Waals surface area contributed by atoms with Crippen molar-refractivity contribution in [1.29, 1.82) is 0 Å². The minimum Gasteiger partial charge on any atom is -0.319 e. The van der Waals surface area contributed by atoms with Crippen molar-refractivity contribution in [1.82, 2.24) is 9.80 Å². The molecule has 2 aliphatic heterocycles. The van der Waals surface area contributed by atoms with E-state index in [-0.39, 0.29) is 6.03 Å². The van der Waals surface area contributed by atoms with Crippen LogP contribution in [0, 0.1) is 13.8 Å². The maximum atomic E-state index is 12.9. The van der Waals surface area contributed by atoms with Gasteiger partial charge in [0.2, 0.25) is 0 Å². The fraction of sp³-hybridized carbons (Fsp3) is 0.632. The van der Waals surface area contributed by atoms with E-state index in [1.165, 1.54) is 37.1 Å². The Labute approximate surface area is 150 Å². The molecule has 1 N–H and O–H groups in total. The maximum Gasteiger partial charge on any atom is 0.322 e. The van der Waals surface area contributed by atoms with Gasteiger partial charge in [0.15, 0.2) is 0 Å². The Morgan fingerprint density at radius 3 is 2.71 bits per heavy atom. The molecule has 0 bridgehead atoms. The zero-order valence-corrected chi connectivity index (χ0v) is 15.7. The number of anilines is 1. The number of carbonyl (C=O) groups excluding carboxylic acids is 1. The predicted octanol–water partition coefficient (Wildman–Crippen LogP) is 3.74. The summed E-state index contributed by atoms with van der Waals surface area (Å²) in [6, 6.07) is 6.52. The highest BCUT2D eigenvalue weighted by Gasteiger charge is 2.28. The molecule has 0 aromatic heterocycles. The molecule has 5 heteroatoms. The summed E-state index contributed by atoms with van der Waals surface area (Å²) < 4.78 is 0. The van der Waals surface area contributed by atoms with Crippen LogP contribution in [0.15, 0.2) is 18.2 Å². The standard InChI is InChI=1S/C19H29N3OS/c1-15-6-7-17(12-16(15)2)20-19(23)22-10-5-11-24-14-18(22)13-21-8-3-4-9-21/h6-7,12,18H,3-5,8-11,13-14H2,1-2H3,(H,20,23)/t18-/m0/s1. The summed E-state index contributed by atoms with van der Waals surface area (Å²) in [5.41, 5.74) is 3.37. The molecule has 2 aliphatic rings. The number of hydrogen-bond acceptors (Lipinski definition) is 3. The second-order valence-corrected chi connectivity index (χ2v) is 8.16. The number of likely N-dealkylation sites (tertiary alicyclic amines) is 1. The van der Waals surface area contributed by atoms with E-state index in [1.807, 2.05) is 17.8 Å². The first kappa shape index (κ1) is 17.6. The molecule has 0 spiro atoms. The first-order chi connectivity index (χ1) is 11.6. The van der Waals surface area contributed by atoms with Crippen molar-refractivity contribution in [2.45, 2.75) is 39.2 Å². The number of hydrogen-bond donors (Lipinski definition) is 1. The van der Waals surface area contributed by atoms with E-state index in [2.05, 4.69) is 41.1 Å². The SMILES string of the molecule is Cc1ccc(NC(=O)N2CCCSC[C@@H]2CN2CCCC2)cc1C. The second-order valence-electron chi connectivity index (χ2n) is 7.01. The Morgan fingerprint density at radius 2 is 1.96 bits per heavy atom. The van der Waals surface area contributed by atoms with Gasteiger partial charge in [-0.1, -0.05) is 6.07 Å². The molecule has 24 heavy (non-hydrogen) atoms. The molecule has 132 valence electrons. The fourth-order valence-electron chi connectivity index (χ4n) is 3.53. The third-order valence-electron chi connectivity index (χ3n) is 5.13. The van der Waals surface area contributed by atoms with Crippen LogP contribution in [0.1, 0.15) is 30.4 Å². The Bertz CT molecular complexity index is 572. The summed E-state index contributed by atoms with van der Waals surface area (Å²) in [6.07, 6.45) is 3.69. The van der Waals surface area contributed by atoms with Gasteiger partial charge in [0.1, 0.15) is 0 Å². The van der Waals surface area contributed by atoms with Crippen LogP contribution >= 0.6 is 11.8 Å². The summed E-state index contributed by atoms with van der Waals surface area (Å²) in [5, 5.41) is 3.12. The molecule has 0 unspecified atom stereocenters. The molecule has 2 fully saturated rings. The maximum absolute atomic E-state index is 12.9. The summed E-state index contributed by atoms with van der Waals surface area (Å²) >= 11 is 1.99. The van der Waals surface area contributed by atoms with Crippen LogP contribution in [0.4, 0.5) is 10.5 Å². The van der Waals surface area contributed by atoms with Crippen molar-refractivity contribution in [3.63, 3.8) is 0 Å². The number of rotatable bonds is 3. The Morgan fingerprint density at radius 1 is 1.17 bits per heavy atom. The molecule has 2 amide bonds. The van der Waals surface area contributed by atoms with E-state index in [0.29, 0.717) is 6.04 Å². The van der Waals surface area contributed by atoms with Crippen LogP contribution in [0.25, 0.3) is 0 Å². The minimum absolute atomic E-state index is 0.0601. The van der Waals surface area contributed by atoms with Crippen molar-refractivity contribution >= 4 is 23.5 Å². The molecule has 3 rings (SSSR count). The molecule has 2 heterocycles. The quantitative estimate of drug-likeness (QED) is 0.905. The van der Waals surface area contributed by atoms with E-state index in [9.17, 15) is 4.79 Å². The topological polar surface area (TPSA) is 35.6 Å². The van der Waals surface area contributed by atoms with Crippen LogP contribution < -0.4 is 5.32 Å². The number of carbonyl (C=O) groups is 1. The molecule has 1 aromatic carbocycles. The lowest BCUT2D eigenvalue weighted by Gasteiger charge is -2.32. The zero-order valence-electron chi connectivity index (χ0n) is 14.9. The van der Waals surface area contributed by atoms with Gasteiger partial charge in [-0.25, -0.2) is 4.79 Å². The van der Waals surface area contributed by atoms with Crippen LogP contribution in [0.5, 0.6) is 0 Å². The lowest BCUT2D eigenvalue weighted by molar-refractivity contribution is 0.173. The lowest BCUT2D eigenvalue weighted by atomic mass is 10.1. The van der Waals surface area contributed by atoms with E-state index in [4.69, 9.17) is 0 Å². The summed E-state index contributed by atoms with van der Waals surface area (Å²) in [7, 11) is 0. The van der Waals surface area contributed by atoms with Crippen LogP contribution in [-0.2, 0) is 0 Å². The minimum atomic E-state index is 0.0601. The average molecular weight is 348 g/mol. The van der Waals surface area contributed by atoms with Crippen LogP contribution in [0.2, 0.25) is 0 Å². The van der Waals surface area contributed by atoms with Gasteiger partial charge >= 0.3 is 6.03 Å². The van der Waals surface area contributed by atoms with E-state index in [0.717, 1.165) is 36.7 Å². The highest BCUT2D eigenvalue weighted by atomic mass is 32.2. The molecule has 4 nitrogen and oxygen atoms in total. The first-order valence-electron chi connectivity index (χ1n) is 9.08. The van der Waals surface area contributed by atoms with Gasteiger partial charge in [-0.3, -0.25) is 0 Å². The normalized spacial score (nSPS) is 22.4. The highest BCUT2D eigenvalue weighted by molar-refractivity contribution is 7.99. The molecule has 0 aliphatic carbocycles. The highest BCUT2D eigenvalue weighted by Crippen LogP contribution is 2.21. The van der Waals surface area contributed by atoms with Gasteiger partial charge in [-0.2, -0.15) is 11.8 Å². The van der Waals surface area contributed by atoms with E-state index >= 15 is 0 Å². The van der Waals surface area contributed by atoms with Crippen molar-refractivity contribution < 1.29 is 4.79 Å². The van der Waals surface area contributed by atoms with Gasteiger partial charge < -0.3 is 15.1 Å². The largest absolute Gasteiger partial charge is 0.322 e. The molecule has 1 aromatic rings. The fourth-order valence-corrected chi connectivity index (χ4v) is 4.58. The third-order valence-corrected chi connectivity index (χ3v) is 6.32. The molecular formula is C19H29N3OS. The number of aryl methyl sites for hydroxylation is 2. The predicted molar refractivity (Wildman–Crippen MR) is 103 cm³/mol. The average Bonchev–Trinajstić information content (AvgIpc) is 2.95. The van der Waals surface area contributed by atoms with Gasteiger partial charge in [-0.15, -0.1) is 0 Å². The molecular weight excluding hydrogens is 318 g/mol. The van der Waals surface area contributed by atoms with E-state index < -0.39 is 0 Å². The van der Waals surface area contributed by atoms with Gasteiger partial charge in [0.25, 0.3) is 0 Å². The van der Waals surface area contributed by atoms with Crippen molar-refractivity contribution in [3.8, 4) is 0 Å². The van der Waals surface area contributed by atoms with Crippen molar-refractivity contribution in [3.05, 3.63) is 29.3 Å². The monoisotopic (exact) mass is 347 g/mol. The van der Waals surface area contributed by atoms with Crippen molar-refractivity contribution in [2.75, 3.05) is 43.0 Å². The Kier molecular flexibility index (Phi) is 6.06. The molecule has 0 saturated carbocycles. The molecule has 2 saturated heterocycles. The Hall–Kier alpha value is -1.20. The van der Waals surface area contributed by atoms with Gasteiger partial charge in [0, 0.05) is 24.5 Å². The second kappa shape index (κ2) is 8.26. The number of urea groups is 1. The van der Waals surface area contributed by atoms with Gasteiger partial charge in [0.05, 0.1) is 6.04 Å². The zero-order chi connectivity index (χ0) is 16.9. The number of nitrogens with one attached hydrogen (secondary N) is 1. The number of amides is 2. The molecule has 0 radical (unpaired) electrons. The number of thioether (sulfide) groups is 1. The molecule has 1 atom stereocenters. The lowest BCUT2D eigenvalue weighted by Crippen LogP contribution is -2.49. The van der Waals surface area contributed by atoms with Gasteiger partial charge in [-0.05, 0) is 75.2 Å². The Balaban J connectivity index is 1.67. The summed E-state index contributed by atoms with van der Waals surface area (Å²) in [5.74, 6) is 2.21. The summed E-state index contributed by atoms with van der Waals surface area (Å²) in [4.78, 5) is 17.5. The summed E-state index contributed by atoms with van der Waals surface area (Å²) in [6.45, 7) is 8.44. The van der Waals surface area contributed by atoms with Crippen molar-refractivity contribution in [2.24, 2.45) is 0 Å². The van der Waals surface area contributed by atoms with Crippen LogP contribution in [-0.4, -0.2) is 59.6 Å². The number of nitrogens with zero attached hydrogens (tertiary/aromatic N) is 2. The number of benzene rings is 1. The first-order valence-corrected chi connectivity index (χ1v) is 10.2. The third kappa shape index (κ3) is 4.45. The smallest absolute Gasteiger partial charge is 0.319 e. The van der Waals surface area contributed by atoms with Crippen LogP contribution in [0.3, 0.4) is 0 Å². The van der Waals surface area contributed by atoms with E-state index in [1.54, 1.807) is 0 Å².